The van der Waals surface area contributed by atoms with Gasteiger partial charge >= 0.3 is 0 Å². The third kappa shape index (κ3) is 4.27. The van der Waals surface area contributed by atoms with Crippen molar-refractivity contribution in [2.24, 2.45) is 10.3 Å². The molecule has 2 aliphatic rings. The summed E-state index contributed by atoms with van der Waals surface area (Å²) in [6.07, 6.45) is 5.68. The molecule has 2 heterocycles. The van der Waals surface area contributed by atoms with E-state index < -0.39 is 0 Å². The molecule has 32 heavy (non-hydrogen) atoms. The first-order chi connectivity index (χ1) is 15.4. The molecule has 0 bridgehead atoms. The number of pyridine rings is 2. The molecule has 170 valence electrons. The molecule has 6 heteroatoms. The van der Waals surface area contributed by atoms with Crippen LogP contribution < -0.4 is 0 Å². The predicted molar refractivity (Wildman–Crippen MR) is 128 cm³/mol. The molecule has 2 aliphatic carbocycles. The lowest BCUT2D eigenvalue weighted by Gasteiger charge is -2.21. The summed E-state index contributed by atoms with van der Waals surface area (Å²) in [6, 6.07) is 0. The molecular formula is C26H34N4O2. The van der Waals surface area contributed by atoms with Gasteiger partial charge in [0.2, 0.25) is 0 Å². The van der Waals surface area contributed by atoms with E-state index in [1.54, 1.807) is 0 Å². The van der Waals surface area contributed by atoms with Crippen molar-refractivity contribution in [2.45, 2.75) is 80.1 Å². The lowest BCUT2D eigenvalue weighted by atomic mass is 9.89. The average Bonchev–Trinajstić information content (AvgIpc) is 3.18. The Kier molecular flexibility index (Phi) is 6.58. The maximum absolute atomic E-state index is 5.62. The molecule has 2 aromatic rings. The fourth-order valence-corrected chi connectivity index (χ4v) is 4.60. The Bertz CT molecular complexity index is 1100. The van der Waals surface area contributed by atoms with E-state index in [2.05, 4.69) is 51.9 Å². The second kappa shape index (κ2) is 9.39. The molecule has 0 atom stereocenters. The number of aromatic nitrogens is 2. The first-order valence-electron chi connectivity index (χ1n) is 11.7. The van der Waals surface area contributed by atoms with Gasteiger partial charge in [-0.2, -0.15) is 0 Å². The molecule has 0 fully saturated rings. The van der Waals surface area contributed by atoms with Crippen molar-refractivity contribution in [3.8, 4) is 0 Å². The summed E-state index contributed by atoms with van der Waals surface area (Å²) < 4.78 is 0. The SMILES string of the molecule is Cc1nc2c(c(C)c1C)CCC/C2=N\OCCCO/N=C1\CCc2c1nc(C)c(C)c2C. The molecule has 6 nitrogen and oxygen atoms in total. The van der Waals surface area contributed by atoms with Crippen LogP contribution in [0.5, 0.6) is 0 Å². The van der Waals surface area contributed by atoms with E-state index in [-0.39, 0.29) is 0 Å². The Labute approximate surface area is 191 Å². The monoisotopic (exact) mass is 434 g/mol. The van der Waals surface area contributed by atoms with Crippen LogP contribution in [0.1, 0.15) is 81.8 Å². The largest absolute Gasteiger partial charge is 0.395 e. The highest BCUT2D eigenvalue weighted by atomic mass is 16.6. The molecule has 2 aromatic heterocycles. The Morgan fingerprint density at radius 2 is 1.12 bits per heavy atom. The van der Waals surface area contributed by atoms with Gasteiger partial charge in [0, 0.05) is 17.8 Å². The van der Waals surface area contributed by atoms with Gasteiger partial charge in [-0.25, -0.2) is 0 Å². The van der Waals surface area contributed by atoms with Crippen molar-refractivity contribution >= 4 is 11.4 Å². The summed E-state index contributed by atoms with van der Waals surface area (Å²) in [5, 5.41) is 8.80. The number of fused-ring (bicyclic) bond motifs is 2. The van der Waals surface area contributed by atoms with Crippen LogP contribution in [-0.2, 0) is 22.5 Å². The lowest BCUT2D eigenvalue weighted by molar-refractivity contribution is 0.0896. The second-order valence-corrected chi connectivity index (χ2v) is 9.00. The Morgan fingerprint density at radius 1 is 0.625 bits per heavy atom. The molecule has 0 amide bonds. The second-order valence-electron chi connectivity index (χ2n) is 9.00. The standard InChI is InChI=1S/C26H34N4O2/c1-15-17(3)21-9-7-10-23(25(21)27-19(15)5)29-31-13-8-14-32-30-24-12-11-22-18(4)16(2)20(6)28-26(22)24/h7-14H2,1-6H3/b29-23+,30-24+. The Hall–Kier alpha value is -2.76. The first-order valence-corrected chi connectivity index (χ1v) is 11.7. The van der Waals surface area contributed by atoms with Crippen LogP contribution >= 0.6 is 0 Å². The Morgan fingerprint density at radius 3 is 1.69 bits per heavy atom. The molecule has 0 unspecified atom stereocenters. The zero-order chi connectivity index (χ0) is 22.8. The Balaban J connectivity index is 1.30. The summed E-state index contributed by atoms with van der Waals surface area (Å²) >= 11 is 0. The minimum absolute atomic E-state index is 0.500. The van der Waals surface area contributed by atoms with E-state index in [4.69, 9.17) is 19.6 Å². The van der Waals surface area contributed by atoms with Crippen LogP contribution in [0.4, 0.5) is 0 Å². The number of hydrogen-bond donors (Lipinski definition) is 0. The molecule has 0 saturated heterocycles. The molecule has 0 radical (unpaired) electrons. The fourth-order valence-electron chi connectivity index (χ4n) is 4.60. The summed E-state index contributed by atoms with van der Waals surface area (Å²) in [4.78, 5) is 20.8. The van der Waals surface area contributed by atoms with E-state index in [1.807, 2.05) is 0 Å². The van der Waals surface area contributed by atoms with E-state index in [1.165, 1.54) is 33.4 Å². The van der Waals surface area contributed by atoms with Crippen molar-refractivity contribution in [1.29, 1.82) is 0 Å². The zero-order valence-corrected chi connectivity index (χ0v) is 20.3. The first kappa shape index (κ1) is 22.4. The number of aryl methyl sites for hydroxylation is 2. The number of nitrogens with zero attached hydrogens (tertiary/aromatic N) is 4. The van der Waals surface area contributed by atoms with Gasteiger partial charge in [-0.3, -0.25) is 9.97 Å². The predicted octanol–water partition coefficient (Wildman–Crippen LogP) is 5.14. The molecule has 0 spiro atoms. The normalized spacial score (nSPS) is 17.6. The molecule has 4 rings (SSSR count). The third-order valence-electron chi connectivity index (χ3n) is 7.07. The molecule has 0 aliphatic heterocycles. The van der Waals surface area contributed by atoms with E-state index >= 15 is 0 Å². The minimum Gasteiger partial charge on any atom is -0.395 e. The van der Waals surface area contributed by atoms with E-state index in [9.17, 15) is 0 Å². The van der Waals surface area contributed by atoms with E-state index in [0.29, 0.717) is 13.2 Å². The fraction of sp³-hybridized carbons (Fsp3) is 0.538. The smallest absolute Gasteiger partial charge is 0.120 e. The summed E-state index contributed by atoms with van der Waals surface area (Å²) in [7, 11) is 0. The van der Waals surface area contributed by atoms with Gasteiger partial charge in [-0.15, -0.1) is 0 Å². The summed E-state index contributed by atoms with van der Waals surface area (Å²) in [5.41, 5.74) is 14.0. The number of rotatable bonds is 6. The number of hydrogen-bond acceptors (Lipinski definition) is 6. The van der Waals surface area contributed by atoms with Gasteiger partial charge in [0.25, 0.3) is 0 Å². The maximum atomic E-state index is 5.62. The van der Waals surface area contributed by atoms with Crippen molar-refractivity contribution < 1.29 is 9.68 Å². The van der Waals surface area contributed by atoms with Gasteiger partial charge in [-0.05, 0) is 107 Å². The van der Waals surface area contributed by atoms with Gasteiger partial charge in [0.05, 0.1) is 11.4 Å². The van der Waals surface area contributed by atoms with Gasteiger partial charge in [0.15, 0.2) is 0 Å². The van der Waals surface area contributed by atoms with Crippen LogP contribution in [0.2, 0.25) is 0 Å². The highest BCUT2D eigenvalue weighted by Gasteiger charge is 2.24. The molecular weight excluding hydrogens is 400 g/mol. The van der Waals surface area contributed by atoms with Gasteiger partial charge < -0.3 is 9.68 Å². The van der Waals surface area contributed by atoms with Crippen LogP contribution in [0.25, 0.3) is 0 Å². The minimum atomic E-state index is 0.500. The van der Waals surface area contributed by atoms with Gasteiger partial charge in [-0.1, -0.05) is 10.3 Å². The van der Waals surface area contributed by atoms with Crippen LogP contribution in [0, 0.1) is 41.5 Å². The summed E-state index contributed by atoms with van der Waals surface area (Å²) in [5.74, 6) is 0. The van der Waals surface area contributed by atoms with Gasteiger partial charge in [0.1, 0.15) is 24.6 Å². The lowest BCUT2D eigenvalue weighted by Crippen LogP contribution is -2.18. The van der Waals surface area contributed by atoms with Crippen LogP contribution in [0.3, 0.4) is 0 Å². The average molecular weight is 435 g/mol. The zero-order valence-electron chi connectivity index (χ0n) is 20.3. The highest BCUT2D eigenvalue weighted by Crippen LogP contribution is 2.28. The quantitative estimate of drug-likeness (QED) is 0.466. The molecule has 0 aromatic carbocycles. The van der Waals surface area contributed by atoms with Crippen molar-refractivity contribution in [3.05, 3.63) is 56.2 Å². The third-order valence-corrected chi connectivity index (χ3v) is 7.07. The maximum Gasteiger partial charge on any atom is 0.120 e. The molecule has 0 saturated carbocycles. The highest BCUT2D eigenvalue weighted by molar-refractivity contribution is 6.03. The van der Waals surface area contributed by atoms with Crippen molar-refractivity contribution in [1.82, 2.24) is 9.97 Å². The number of oxime groups is 2. The summed E-state index contributed by atoms with van der Waals surface area (Å²) in [6.45, 7) is 13.8. The van der Waals surface area contributed by atoms with Crippen molar-refractivity contribution in [2.75, 3.05) is 13.2 Å². The topological polar surface area (TPSA) is 69.0 Å². The van der Waals surface area contributed by atoms with Crippen LogP contribution in [-0.4, -0.2) is 34.6 Å². The molecule has 0 N–H and O–H groups in total. The van der Waals surface area contributed by atoms with E-state index in [0.717, 1.165) is 72.7 Å². The van der Waals surface area contributed by atoms with Crippen LogP contribution in [0.15, 0.2) is 10.3 Å². The van der Waals surface area contributed by atoms with Crippen molar-refractivity contribution in [3.63, 3.8) is 0 Å².